The predicted octanol–water partition coefficient (Wildman–Crippen LogP) is 1.42. The summed E-state index contributed by atoms with van der Waals surface area (Å²) in [5.74, 6) is -1.56. The lowest BCUT2D eigenvalue weighted by Crippen LogP contribution is -2.50. The molecule has 172 valence electrons. The van der Waals surface area contributed by atoms with Gasteiger partial charge >= 0.3 is 18.0 Å². The molecule has 1 aromatic carbocycles. The van der Waals surface area contributed by atoms with Gasteiger partial charge in [-0.1, -0.05) is 6.07 Å². The highest BCUT2D eigenvalue weighted by Gasteiger charge is 2.38. The van der Waals surface area contributed by atoms with E-state index in [-0.39, 0.29) is 43.4 Å². The molecule has 0 saturated carbocycles. The van der Waals surface area contributed by atoms with Crippen LogP contribution < -0.4 is 20.3 Å². The summed E-state index contributed by atoms with van der Waals surface area (Å²) in [5.41, 5.74) is 1.90. The number of rotatable bonds is 7. The average molecular weight is 445 g/mol. The van der Waals surface area contributed by atoms with E-state index in [2.05, 4.69) is 10.6 Å². The van der Waals surface area contributed by atoms with Crippen LogP contribution in [0.25, 0.3) is 0 Å². The first-order valence-electron chi connectivity index (χ1n) is 10.3. The summed E-state index contributed by atoms with van der Waals surface area (Å²) in [5, 5.41) is 5.08. The maximum absolute atomic E-state index is 12.7. The first-order valence-corrected chi connectivity index (χ1v) is 10.3. The molecule has 2 aliphatic heterocycles. The van der Waals surface area contributed by atoms with Crippen LogP contribution >= 0.6 is 0 Å². The average Bonchev–Trinajstić information content (AvgIpc) is 3.13. The molecular weight excluding hydrogens is 418 g/mol. The van der Waals surface area contributed by atoms with Crippen LogP contribution in [0, 0.1) is 12.8 Å². The Morgan fingerprint density at radius 3 is 2.66 bits per heavy atom. The zero-order chi connectivity index (χ0) is 23.4. The van der Waals surface area contributed by atoms with Gasteiger partial charge in [0.1, 0.15) is 12.4 Å². The smallest absolute Gasteiger partial charge is 0.338 e. The zero-order valence-corrected chi connectivity index (χ0v) is 18.5. The highest BCUT2D eigenvalue weighted by molar-refractivity contribution is 6.00. The van der Waals surface area contributed by atoms with Crippen molar-refractivity contribution < 1.29 is 33.4 Å². The molecule has 2 heterocycles. The maximum Gasteiger partial charge on any atom is 0.338 e. The molecule has 2 atom stereocenters. The lowest BCUT2D eigenvalue weighted by Gasteiger charge is -2.26. The molecule has 0 unspecified atom stereocenters. The van der Waals surface area contributed by atoms with Gasteiger partial charge in [0, 0.05) is 13.0 Å². The normalized spacial score (nSPS) is 20.6. The minimum Gasteiger partial charge on any atom is -0.495 e. The minimum atomic E-state index is -0.686. The van der Waals surface area contributed by atoms with Gasteiger partial charge in [-0.25, -0.2) is 9.59 Å². The van der Waals surface area contributed by atoms with Gasteiger partial charge in [-0.05, 0) is 38.5 Å². The summed E-state index contributed by atoms with van der Waals surface area (Å²) in [4.78, 5) is 50.9. The monoisotopic (exact) mass is 445 g/mol. The van der Waals surface area contributed by atoms with Gasteiger partial charge in [0.15, 0.2) is 0 Å². The molecule has 0 aliphatic carbocycles. The SMILES string of the molecule is CCOC(=O)C1=C(COC(=O)[C@@H]2CC(=O)N(c3cc(C)ccc3OC)C2)NC(=O)N[C@@H]1C. The van der Waals surface area contributed by atoms with E-state index in [0.29, 0.717) is 11.4 Å². The minimum absolute atomic E-state index is 0.00989. The number of nitrogens with one attached hydrogen (secondary N) is 2. The van der Waals surface area contributed by atoms with Crippen LogP contribution in [-0.2, 0) is 23.9 Å². The summed E-state index contributed by atoms with van der Waals surface area (Å²) >= 11 is 0. The van der Waals surface area contributed by atoms with Gasteiger partial charge in [-0.15, -0.1) is 0 Å². The Morgan fingerprint density at radius 2 is 1.97 bits per heavy atom. The Hall–Kier alpha value is -3.56. The first-order chi connectivity index (χ1) is 15.2. The Labute approximate surface area is 185 Å². The fraction of sp³-hybridized carbons (Fsp3) is 0.455. The number of amides is 3. The molecule has 1 aromatic rings. The molecule has 0 bridgehead atoms. The summed E-state index contributed by atoms with van der Waals surface area (Å²) in [6.45, 7) is 5.20. The molecule has 10 nitrogen and oxygen atoms in total. The molecule has 0 radical (unpaired) electrons. The third-order valence-corrected chi connectivity index (χ3v) is 5.31. The molecule has 3 rings (SSSR count). The first kappa shape index (κ1) is 23.1. The van der Waals surface area contributed by atoms with Gasteiger partial charge < -0.3 is 29.7 Å². The fourth-order valence-corrected chi connectivity index (χ4v) is 3.76. The summed E-state index contributed by atoms with van der Waals surface area (Å²) in [6, 6.07) is 4.36. The van der Waals surface area contributed by atoms with Gasteiger partial charge in [0.2, 0.25) is 5.91 Å². The second-order valence-corrected chi connectivity index (χ2v) is 7.62. The molecule has 10 heteroatoms. The van der Waals surface area contributed by atoms with Crippen LogP contribution in [0.3, 0.4) is 0 Å². The van der Waals surface area contributed by atoms with Gasteiger partial charge in [0.25, 0.3) is 0 Å². The Bertz CT molecular complexity index is 972. The number of carbonyl (C=O) groups is 4. The van der Waals surface area contributed by atoms with Gasteiger partial charge in [-0.3, -0.25) is 9.59 Å². The van der Waals surface area contributed by atoms with Crippen LogP contribution in [0.2, 0.25) is 0 Å². The number of esters is 2. The summed E-state index contributed by atoms with van der Waals surface area (Å²) in [6.07, 6.45) is -0.00989. The molecule has 2 N–H and O–H groups in total. The number of ether oxygens (including phenoxy) is 3. The summed E-state index contributed by atoms with van der Waals surface area (Å²) in [7, 11) is 1.52. The summed E-state index contributed by atoms with van der Waals surface area (Å²) < 4.78 is 15.8. The van der Waals surface area contributed by atoms with Crippen LogP contribution in [0.15, 0.2) is 29.5 Å². The number of urea groups is 1. The van der Waals surface area contributed by atoms with E-state index in [9.17, 15) is 19.2 Å². The number of methoxy groups -OCH3 is 1. The van der Waals surface area contributed by atoms with Crippen LogP contribution in [-0.4, -0.2) is 56.8 Å². The molecule has 32 heavy (non-hydrogen) atoms. The number of aryl methyl sites for hydroxylation is 1. The number of hydrogen-bond donors (Lipinski definition) is 2. The van der Waals surface area contributed by atoms with Crippen molar-refractivity contribution in [1.82, 2.24) is 10.6 Å². The third-order valence-electron chi connectivity index (χ3n) is 5.31. The van der Waals surface area contributed by atoms with Crippen molar-refractivity contribution in [1.29, 1.82) is 0 Å². The number of benzene rings is 1. The number of carbonyl (C=O) groups excluding carboxylic acids is 4. The van der Waals surface area contributed by atoms with Crippen molar-refractivity contribution >= 4 is 29.6 Å². The lowest BCUT2D eigenvalue weighted by atomic mass is 10.0. The molecule has 1 saturated heterocycles. The highest BCUT2D eigenvalue weighted by atomic mass is 16.5. The fourth-order valence-electron chi connectivity index (χ4n) is 3.76. The second kappa shape index (κ2) is 9.71. The lowest BCUT2D eigenvalue weighted by molar-refractivity contribution is -0.147. The van der Waals surface area contributed by atoms with Crippen LogP contribution in [0.5, 0.6) is 5.75 Å². The van der Waals surface area contributed by atoms with Crippen molar-refractivity contribution in [2.45, 2.75) is 33.2 Å². The molecular formula is C22H27N3O7. The van der Waals surface area contributed by atoms with Crippen molar-refractivity contribution in [2.24, 2.45) is 5.92 Å². The van der Waals surface area contributed by atoms with E-state index < -0.39 is 29.9 Å². The molecule has 2 aliphatic rings. The van der Waals surface area contributed by atoms with E-state index in [1.54, 1.807) is 19.9 Å². The van der Waals surface area contributed by atoms with Gasteiger partial charge in [0.05, 0.1) is 42.6 Å². The Kier molecular flexibility index (Phi) is 7.01. The standard InChI is InChI=1S/C22H27N3O7/c1-5-31-21(28)19-13(3)23-22(29)24-15(19)11-32-20(27)14-9-18(26)25(10-14)16-8-12(2)6-7-17(16)30-4/h6-8,13-14H,5,9-11H2,1-4H3,(H2,23,24,29)/t13-,14-/m1/s1. The zero-order valence-electron chi connectivity index (χ0n) is 18.5. The van der Waals surface area contributed by atoms with E-state index in [0.717, 1.165) is 5.56 Å². The molecule has 0 spiro atoms. The van der Waals surface area contributed by atoms with E-state index in [1.165, 1.54) is 12.0 Å². The molecule has 1 fully saturated rings. The van der Waals surface area contributed by atoms with E-state index >= 15 is 0 Å². The Balaban J connectivity index is 1.72. The van der Waals surface area contributed by atoms with Gasteiger partial charge in [-0.2, -0.15) is 0 Å². The van der Waals surface area contributed by atoms with Crippen molar-refractivity contribution in [3.05, 3.63) is 35.0 Å². The Morgan fingerprint density at radius 1 is 1.22 bits per heavy atom. The van der Waals surface area contributed by atoms with Crippen molar-refractivity contribution in [3.8, 4) is 5.75 Å². The number of nitrogens with zero attached hydrogens (tertiary/aromatic N) is 1. The quantitative estimate of drug-likeness (QED) is 0.609. The third kappa shape index (κ3) is 4.84. The molecule has 3 amide bonds. The van der Waals surface area contributed by atoms with Crippen molar-refractivity contribution in [2.75, 3.05) is 31.8 Å². The maximum atomic E-state index is 12.7. The van der Waals surface area contributed by atoms with E-state index in [4.69, 9.17) is 14.2 Å². The van der Waals surface area contributed by atoms with Crippen molar-refractivity contribution in [3.63, 3.8) is 0 Å². The van der Waals surface area contributed by atoms with E-state index in [1.807, 2.05) is 19.1 Å². The van der Waals surface area contributed by atoms with Crippen LogP contribution in [0.1, 0.15) is 25.8 Å². The highest BCUT2D eigenvalue weighted by Crippen LogP contribution is 2.34. The largest absolute Gasteiger partial charge is 0.495 e. The second-order valence-electron chi connectivity index (χ2n) is 7.62. The molecule has 0 aromatic heterocycles. The van der Waals surface area contributed by atoms with Crippen LogP contribution in [0.4, 0.5) is 10.5 Å². The topological polar surface area (TPSA) is 123 Å². The number of hydrogen-bond acceptors (Lipinski definition) is 7. The number of anilines is 1. The predicted molar refractivity (Wildman–Crippen MR) is 114 cm³/mol.